The van der Waals surface area contributed by atoms with Gasteiger partial charge in [0.25, 0.3) is 0 Å². The van der Waals surface area contributed by atoms with Crippen molar-refractivity contribution in [2.24, 2.45) is 5.73 Å². The first-order chi connectivity index (χ1) is 9.11. The van der Waals surface area contributed by atoms with Gasteiger partial charge in [0.1, 0.15) is 4.99 Å². The number of thiocarbonyl (C=S) groups is 1. The van der Waals surface area contributed by atoms with Gasteiger partial charge in [-0.2, -0.15) is 0 Å². The predicted octanol–water partition coefficient (Wildman–Crippen LogP) is 3.94. The van der Waals surface area contributed by atoms with E-state index in [0.717, 1.165) is 28.9 Å². The molecule has 0 heterocycles. The molecule has 2 nitrogen and oxygen atoms in total. The van der Waals surface area contributed by atoms with Crippen LogP contribution in [0.4, 0.5) is 11.4 Å². The van der Waals surface area contributed by atoms with Crippen LogP contribution in [0.1, 0.15) is 23.6 Å². The SMILES string of the molecule is CCc1ccc(Nc2c(C)cccc2C(N)=S)cc1. The Labute approximate surface area is 119 Å². The highest BCUT2D eigenvalue weighted by molar-refractivity contribution is 7.80. The van der Waals surface area contributed by atoms with Crippen LogP contribution in [0.5, 0.6) is 0 Å². The van der Waals surface area contributed by atoms with Crippen molar-refractivity contribution >= 4 is 28.6 Å². The van der Waals surface area contributed by atoms with Crippen molar-refractivity contribution in [1.82, 2.24) is 0 Å². The predicted molar refractivity (Wildman–Crippen MR) is 86.2 cm³/mol. The summed E-state index contributed by atoms with van der Waals surface area (Å²) in [6.45, 7) is 4.19. The molecule has 2 aromatic rings. The number of aryl methyl sites for hydroxylation is 2. The molecule has 19 heavy (non-hydrogen) atoms. The van der Waals surface area contributed by atoms with E-state index in [2.05, 4.69) is 36.5 Å². The Bertz CT molecular complexity index is 588. The summed E-state index contributed by atoms with van der Waals surface area (Å²) in [5.41, 5.74) is 11.1. The maximum Gasteiger partial charge on any atom is 0.106 e. The summed E-state index contributed by atoms with van der Waals surface area (Å²) in [6.07, 6.45) is 1.04. The lowest BCUT2D eigenvalue weighted by atomic mass is 10.1. The molecule has 0 radical (unpaired) electrons. The maximum atomic E-state index is 5.77. The van der Waals surface area contributed by atoms with Gasteiger partial charge in [0.2, 0.25) is 0 Å². The highest BCUT2D eigenvalue weighted by Crippen LogP contribution is 2.25. The Morgan fingerprint density at radius 2 is 1.84 bits per heavy atom. The molecule has 0 spiro atoms. The van der Waals surface area contributed by atoms with E-state index >= 15 is 0 Å². The molecule has 2 rings (SSSR count). The van der Waals surface area contributed by atoms with E-state index in [9.17, 15) is 0 Å². The monoisotopic (exact) mass is 270 g/mol. The lowest BCUT2D eigenvalue weighted by molar-refractivity contribution is 1.14. The Balaban J connectivity index is 2.34. The first-order valence-corrected chi connectivity index (χ1v) is 6.78. The molecule has 0 aromatic heterocycles. The number of rotatable bonds is 4. The van der Waals surface area contributed by atoms with Crippen molar-refractivity contribution in [3.8, 4) is 0 Å². The quantitative estimate of drug-likeness (QED) is 0.827. The van der Waals surface area contributed by atoms with Crippen LogP contribution < -0.4 is 11.1 Å². The van der Waals surface area contributed by atoms with E-state index in [4.69, 9.17) is 18.0 Å². The molecule has 0 saturated carbocycles. The molecular weight excluding hydrogens is 252 g/mol. The van der Waals surface area contributed by atoms with Crippen LogP contribution >= 0.6 is 12.2 Å². The van der Waals surface area contributed by atoms with Gasteiger partial charge in [0, 0.05) is 11.3 Å². The largest absolute Gasteiger partial charge is 0.389 e. The van der Waals surface area contributed by atoms with E-state index in [1.807, 2.05) is 25.1 Å². The highest BCUT2D eigenvalue weighted by Gasteiger charge is 2.07. The molecule has 0 aliphatic carbocycles. The fourth-order valence-corrected chi connectivity index (χ4v) is 2.18. The third kappa shape index (κ3) is 3.12. The second kappa shape index (κ2) is 5.85. The third-order valence-electron chi connectivity index (χ3n) is 3.17. The summed E-state index contributed by atoms with van der Waals surface area (Å²) in [4.78, 5) is 0.413. The Hall–Kier alpha value is -1.87. The molecule has 0 amide bonds. The molecule has 2 aromatic carbocycles. The number of anilines is 2. The highest BCUT2D eigenvalue weighted by atomic mass is 32.1. The molecule has 3 N–H and O–H groups in total. The Morgan fingerprint density at radius 3 is 2.42 bits per heavy atom. The zero-order valence-corrected chi connectivity index (χ0v) is 12.1. The summed E-state index contributed by atoms with van der Waals surface area (Å²) < 4.78 is 0. The fourth-order valence-electron chi connectivity index (χ4n) is 2.01. The van der Waals surface area contributed by atoms with Crippen LogP contribution in [0.3, 0.4) is 0 Å². The summed E-state index contributed by atoms with van der Waals surface area (Å²) in [5, 5.41) is 3.41. The van der Waals surface area contributed by atoms with Crippen LogP contribution in [0.2, 0.25) is 0 Å². The molecular formula is C16H18N2S. The van der Waals surface area contributed by atoms with E-state index in [1.54, 1.807) is 0 Å². The number of benzene rings is 2. The molecule has 0 saturated heterocycles. The molecule has 0 aliphatic rings. The fraction of sp³-hybridized carbons (Fsp3) is 0.188. The van der Waals surface area contributed by atoms with Crippen LogP contribution in [0.15, 0.2) is 42.5 Å². The van der Waals surface area contributed by atoms with E-state index in [0.29, 0.717) is 4.99 Å². The molecule has 0 atom stereocenters. The topological polar surface area (TPSA) is 38.0 Å². The van der Waals surface area contributed by atoms with Gasteiger partial charge in [0.15, 0.2) is 0 Å². The molecule has 0 bridgehead atoms. The maximum absolute atomic E-state index is 5.77. The second-order valence-electron chi connectivity index (χ2n) is 4.54. The summed E-state index contributed by atoms with van der Waals surface area (Å²) >= 11 is 5.10. The minimum Gasteiger partial charge on any atom is -0.389 e. The van der Waals surface area contributed by atoms with Crippen LogP contribution in [0.25, 0.3) is 0 Å². The van der Waals surface area contributed by atoms with E-state index in [1.165, 1.54) is 5.56 Å². The molecule has 98 valence electrons. The van der Waals surface area contributed by atoms with Crippen LogP contribution in [0, 0.1) is 6.92 Å². The molecule has 0 aliphatic heterocycles. The summed E-state index contributed by atoms with van der Waals surface area (Å²) in [6, 6.07) is 14.4. The van der Waals surface area contributed by atoms with Crippen molar-refractivity contribution in [1.29, 1.82) is 0 Å². The molecule has 0 fully saturated rings. The Kier molecular flexibility index (Phi) is 4.17. The zero-order chi connectivity index (χ0) is 13.8. The minimum absolute atomic E-state index is 0.413. The van der Waals surface area contributed by atoms with Gasteiger partial charge in [-0.1, -0.05) is 43.4 Å². The van der Waals surface area contributed by atoms with Gasteiger partial charge in [-0.05, 0) is 42.7 Å². The Morgan fingerprint density at radius 1 is 1.16 bits per heavy atom. The molecule has 0 unspecified atom stereocenters. The smallest absolute Gasteiger partial charge is 0.106 e. The molecule has 3 heteroatoms. The number of nitrogens with one attached hydrogen (secondary N) is 1. The van der Waals surface area contributed by atoms with Gasteiger partial charge >= 0.3 is 0 Å². The first kappa shape index (κ1) is 13.6. The van der Waals surface area contributed by atoms with Gasteiger partial charge in [-0.15, -0.1) is 0 Å². The average Bonchev–Trinajstić information content (AvgIpc) is 2.41. The third-order valence-corrected chi connectivity index (χ3v) is 3.39. The lowest BCUT2D eigenvalue weighted by Gasteiger charge is -2.14. The van der Waals surface area contributed by atoms with Gasteiger partial charge in [-0.3, -0.25) is 0 Å². The summed E-state index contributed by atoms with van der Waals surface area (Å²) in [5.74, 6) is 0. The average molecular weight is 270 g/mol. The second-order valence-corrected chi connectivity index (χ2v) is 4.98. The lowest BCUT2D eigenvalue weighted by Crippen LogP contribution is -2.12. The van der Waals surface area contributed by atoms with E-state index in [-0.39, 0.29) is 0 Å². The van der Waals surface area contributed by atoms with Crippen molar-refractivity contribution in [2.75, 3.05) is 5.32 Å². The van der Waals surface area contributed by atoms with Crippen molar-refractivity contribution in [3.05, 3.63) is 59.2 Å². The number of para-hydroxylation sites is 1. The number of nitrogens with two attached hydrogens (primary N) is 1. The number of hydrogen-bond acceptors (Lipinski definition) is 2. The van der Waals surface area contributed by atoms with E-state index < -0.39 is 0 Å². The van der Waals surface area contributed by atoms with Crippen LogP contribution in [-0.4, -0.2) is 4.99 Å². The normalized spacial score (nSPS) is 10.2. The van der Waals surface area contributed by atoms with Gasteiger partial charge < -0.3 is 11.1 Å². The number of hydrogen-bond donors (Lipinski definition) is 2. The van der Waals surface area contributed by atoms with Crippen molar-refractivity contribution in [2.45, 2.75) is 20.3 Å². The van der Waals surface area contributed by atoms with Crippen molar-refractivity contribution in [3.63, 3.8) is 0 Å². The van der Waals surface area contributed by atoms with Gasteiger partial charge in [-0.25, -0.2) is 0 Å². The zero-order valence-electron chi connectivity index (χ0n) is 11.2. The minimum atomic E-state index is 0.413. The van der Waals surface area contributed by atoms with Crippen molar-refractivity contribution < 1.29 is 0 Å². The van der Waals surface area contributed by atoms with Gasteiger partial charge in [0.05, 0.1) is 5.69 Å². The first-order valence-electron chi connectivity index (χ1n) is 6.37. The van der Waals surface area contributed by atoms with Crippen LogP contribution in [-0.2, 0) is 6.42 Å². The standard InChI is InChI=1S/C16H18N2S/c1-3-12-7-9-13(10-8-12)18-15-11(2)5-4-6-14(15)16(17)19/h4-10,18H,3H2,1-2H3,(H2,17,19). The summed E-state index contributed by atoms with van der Waals surface area (Å²) in [7, 11) is 0.